The average Bonchev–Trinajstić information content (AvgIpc) is 3.23. The molecule has 3 atom stereocenters. The molecule has 0 radical (unpaired) electrons. The molecule has 2 aliphatic heterocycles. The van der Waals surface area contributed by atoms with E-state index in [1.54, 1.807) is 10.9 Å². The Hall–Kier alpha value is -3.19. The minimum absolute atomic E-state index is 0.0161. The number of piperidine rings is 1. The summed E-state index contributed by atoms with van der Waals surface area (Å²) in [6, 6.07) is 12.8. The van der Waals surface area contributed by atoms with Crippen LogP contribution in [0.2, 0.25) is 0 Å². The summed E-state index contributed by atoms with van der Waals surface area (Å²) in [7, 11) is 4.04. The third kappa shape index (κ3) is 4.50. The van der Waals surface area contributed by atoms with Crippen LogP contribution in [-0.2, 0) is 24.8 Å². The molecule has 4 heterocycles. The molecule has 0 aliphatic carbocycles. The summed E-state index contributed by atoms with van der Waals surface area (Å²) in [6.45, 7) is 4.67. The maximum atomic E-state index is 13.9. The molecule has 33 heavy (non-hydrogen) atoms. The number of likely N-dealkylation sites (N-methyl/N-ethyl adjacent to an activating group) is 1. The van der Waals surface area contributed by atoms with Crippen LogP contribution in [0.1, 0.15) is 36.0 Å². The first-order valence-corrected chi connectivity index (χ1v) is 11.8. The van der Waals surface area contributed by atoms with Gasteiger partial charge < -0.3 is 15.1 Å². The topological polar surface area (TPSA) is 66.3 Å². The first-order valence-electron chi connectivity index (χ1n) is 11.8. The van der Waals surface area contributed by atoms with E-state index in [9.17, 15) is 4.79 Å². The van der Waals surface area contributed by atoms with Crippen molar-refractivity contribution >= 4 is 17.4 Å². The van der Waals surface area contributed by atoms with Gasteiger partial charge in [-0.2, -0.15) is 5.10 Å². The summed E-state index contributed by atoms with van der Waals surface area (Å²) >= 11 is 0. The number of hydrogen-bond donors (Lipinski definition) is 1. The third-order valence-electron chi connectivity index (χ3n) is 7.09. The monoisotopic (exact) mass is 444 g/mol. The van der Waals surface area contributed by atoms with Crippen molar-refractivity contribution in [2.24, 2.45) is 13.0 Å². The number of aryl methyl sites for hydroxylation is 1. The van der Waals surface area contributed by atoms with Gasteiger partial charge in [-0.05, 0) is 56.1 Å². The lowest BCUT2D eigenvalue weighted by atomic mass is 9.79. The highest BCUT2D eigenvalue weighted by atomic mass is 16.2. The zero-order chi connectivity index (χ0) is 22.9. The summed E-state index contributed by atoms with van der Waals surface area (Å²) in [4.78, 5) is 22.9. The van der Waals surface area contributed by atoms with Crippen molar-refractivity contribution < 1.29 is 4.79 Å². The van der Waals surface area contributed by atoms with Gasteiger partial charge in [0.2, 0.25) is 5.91 Å². The van der Waals surface area contributed by atoms with Crippen LogP contribution in [0.25, 0.3) is 0 Å². The normalized spacial score (nSPS) is 23.2. The molecule has 1 amide bonds. The summed E-state index contributed by atoms with van der Waals surface area (Å²) in [6.07, 6.45) is 7.39. The second-order valence-corrected chi connectivity index (χ2v) is 9.56. The molecular formula is C26H32N6O. The summed E-state index contributed by atoms with van der Waals surface area (Å²) in [5.74, 6) is 1.31. The van der Waals surface area contributed by atoms with E-state index in [2.05, 4.69) is 69.5 Å². The number of anilines is 2. The van der Waals surface area contributed by atoms with E-state index in [0.717, 1.165) is 37.4 Å². The van der Waals surface area contributed by atoms with E-state index in [0.29, 0.717) is 6.54 Å². The highest BCUT2D eigenvalue weighted by molar-refractivity contribution is 5.81. The van der Waals surface area contributed by atoms with Gasteiger partial charge in [0.25, 0.3) is 0 Å². The number of aromatic nitrogens is 3. The van der Waals surface area contributed by atoms with Crippen LogP contribution in [0.5, 0.6) is 0 Å². The molecule has 2 aromatic heterocycles. The number of nitrogens with one attached hydrogen (secondary N) is 1. The third-order valence-corrected chi connectivity index (χ3v) is 7.09. The molecule has 7 heteroatoms. The Morgan fingerprint density at radius 1 is 1.12 bits per heavy atom. The number of pyridine rings is 1. The second kappa shape index (κ2) is 8.98. The van der Waals surface area contributed by atoms with Crippen LogP contribution in [0.4, 0.5) is 11.5 Å². The number of likely N-dealkylation sites (tertiary alicyclic amines) is 1. The predicted octanol–water partition coefficient (Wildman–Crippen LogP) is 3.57. The molecule has 5 rings (SSSR count). The zero-order valence-corrected chi connectivity index (χ0v) is 19.6. The largest absolute Gasteiger partial charge is 0.338 e. The Morgan fingerprint density at radius 2 is 1.94 bits per heavy atom. The highest BCUT2D eigenvalue weighted by Gasteiger charge is 2.39. The van der Waals surface area contributed by atoms with Gasteiger partial charge in [0, 0.05) is 50.4 Å². The van der Waals surface area contributed by atoms with Gasteiger partial charge in [0.1, 0.15) is 5.82 Å². The second-order valence-electron chi connectivity index (χ2n) is 9.56. The molecule has 1 saturated heterocycles. The Labute approximate surface area is 195 Å². The van der Waals surface area contributed by atoms with Crippen molar-refractivity contribution in [3.8, 4) is 0 Å². The Morgan fingerprint density at radius 3 is 2.70 bits per heavy atom. The molecule has 1 N–H and O–H groups in total. The number of fused-ring (bicyclic) bond motifs is 1. The van der Waals surface area contributed by atoms with Crippen molar-refractivity contribution in [1.29, 1.82) is 0 Å². The van der Waals surface area contributed by atoms with Crippen LogP contribution in [0.15, 0.2) is 55.0 Å². The smallest absolute Gasteiger partial charge is 0.226 e. The fourth-order valence-electron chi connectivity index (χ4n) is 5.28. The number of rotatable bonds is 4. The highest BCUT2D eigenvalue weighted by Crippen LogP contribution is 2.36. The fourth-order valence-corrected chi connectivity index (χ4v) is 5.28. The molecule has 2 aliphatic rings. The van der Waals surface area contributed by atoms with E-state index in [-0.39, 0.29) is 23.8 Å². The van der Waals surface area contributed by atoms with Crippen molar-refractivity contribution in [2.75, 3.05) is 25.5 Å². The number of carbonyl (C=O) groups excluding carboxylic acids is 1. The van der Waals surface area contributed by atoms with Crippen LogP contribution >= 0.6 is 0 Å². The van der Waals surface area contributed by atoms with E-state index in [1.807, 2.05) is 25.5 Å². The first kappa shape index (κ1) is 21.6. The van der Waals surface area contributed by atoms with E-state index in [1.165, 1.54) is 16.7 Å². The fraction of sp³-hybridized carbons (Fsp3) is 0.423. The number of carbonyl (C=O) groups is 1. The standard InChI is InChI=1S/C26H32N6O/c1-18-11-20-13-27-25(29-22-14-28-31(3)16-22)12-21(20)15-32(18)26(33)23-9-10-30(2)17-24(23)19-7-5-4-6-8-19/h4-8,12-14,16,18,23-24H,9-11,15,17H2,1-3H3,(H,27,29)/t18-,23-,24+/m0/s1. The minimum Gasteiger partial charge on any atom is -0.338 e. The lowest BCUT2D eigenvalue weighted by Gasteiger charge is -2.42. The SMILES string of the molecule is C[C@H]1Cc2cnc(Nc3cnn(C)c3)cc2CN1C(=O)[C@H]1CCN(C)C[C@@H]1c1ccccc1. The summed E-state index contributed by atoms with van der Waals surface area (Å²) in [5, 5.41) is 7.53. The van der Waals surface area contributed by atoms with Crippen LogP contribution in [0.3, 0.4) is 0 Å². The van der Waals surface area contributed by atoms with E-state index in [4.69, 9.17) is 0 Å². The van der Waals surface area contributed by atoms with E-state index >= 15 is 0 Å². The lowest BCUT2D eigenvalue weighted by molar-refractivity contribution is -0.141. The molecule has 1 aromatic carbocycles. The molecular weight excluding hydrogens is 412 g/mol. The molecule has 1 fully saturated rings. The zero-order valence-electron chi connectivity index (χ0n) is 19.6. The van der Waals surface area contributed by atoms with Crippen LogP contribution in [0, 0.1) is 5.92 Å². The van der Waals surface area contributed by atoms with Crippen molar-refractivity contribution in [3.63, 3.8) is 0 Å². The summed E-state index contributed by atoms with van der Waals surface area (Å²) in [5.41, 5.74) is 4.57. The molecule has 172 valence electrons. The first-order chi connectivity index (χ1) is 16.0. The number of nitrogens with zero attached hydrogens (tertiary/aromatic N) is 5. The molecule has 7 nitrogen and oxygen atoms in total. The minimum atomic E-state index is 0.0161. The van der Waals surface area contributed by atoms with Gasteiger partial charge in [-0.15, -0.1) is 0 Å². The van der Waals surface area contributed by atoms with Crippen molar-refractivity contribution in [2.45, 2.75) is 38.3 Å². The number of hydrogen-bond acceptors (Lipinski definition) is 5. The summed E-state index contributed by atoms with van der Waals surface area (Å²) < 4.78 is 1.76. The van der Waals surface area contributed by atoms with Crippen molar-refractivity contribution in [3.05, 3.63) is 71.7 Å². The quantitative estimate of drug-likeness (QED) is 0.667. The predicted molar refractivity (Wildman–Crippen MR) is 129 cm³/mol. The van der Waals surface area contributed by atoms with Crippen LogP contribution < -0.4 is 5.32 Å². The maximum absolute atomic E-state index is 13.9. The van der Waals surface area contributed by atoms with Gasteiger partial charge in [-0.1, -0.05) is 30.3 Å². The lowest BCUT2D eigenvalue weighted by Crippen LogP contribution is -2.50. The molecule has 3 aromatic rings. The van der Waals surface area contributed by atoms with Crippen molar-refractivity contribution in [1.82, 2.24) is 24.6 Å². The molecule has 0 spiro atoms. The van der Waals surface area contributed by atoms with Gasteiger partial charge in [0.05, 0.1) is 11.9 Å². The van der Waals surface area contributed by atoms with E-state index < -0.39 is 0 Å². The Balaban J connectivity index is 1.37. The van der Waals surface area contributed by atoms with Gasteiger partial charge in [-0.3, -0.25) is 9.48 Å². The number of amides is 1. The Bertz CT molecular complexity index is 1130. The van der Waals surface area contributed by atoms with Gasteiger partial charge >= 0.3 is 0 Å². The average molecular weight is 445 g/mol. The molecule has 0 unspecified atom stereocenters. The molecule has 0 saturated carbocycles. The van der Waals surface area contributed by atoms with Gasteiger partial charge in [0.15, 0.2) is 0 Å². The van der Waals surface area contributed by atoms with Gasteiger partial charge in [-0.25, -0.2) is 4.98 Å². The maximum Gasteiger partial charge on any atom is 0.226 e. The Kier molecular flexibility index (Phi) is 5.89. The van der Waals surface area contributed by atoms with Crippen LogP contribution in [-0.4, -0.2) is 56.7 Å². The number of benzene rings is 1. The molecule has 0 bridgehead atoms.